The zero-order valence-corrected chi connectivity index (χ0v) is 20.3. The summed E-state index contributed by atoms with van der Waals surface area (Å²) >= 11 is 7.65. The molecule has 1 aromatic heterocycles. The highest BCUT2D eigenvalue weighted by atomic mass is 35.5. The molecule has 172 valence electrons. The normalized spacial score (nSPS) is 11.0. The minimum absolute atomic E-state index is 0.497. The largest absolute Gasteiger partial charge is 0.488 e. The van der Waals surface area contributed by atoms with Crippen LogP contribution in [-0.4, -0.2) is 11.2 Å². The summed E-state index contributed by atoms with van der Waals surface area (Å²) in [6.45, 7) is 0.497. The van der Waals surface area contributed by atoms with Crippen LogP contribution in [0.1, 0.15) is 11.1 Å². The van der Waals surface area contributed by atoms with Crippen LogP contribution in [0.25, 0.3) is 21.7 Å². The van der Waals surface area contributed by atoms with Crippen molar-refractivity contribution in [3.05, 3.63) is 125 Å². The van der Waals surface area contributed by atoms with Crippen molar-refractivity contribution >= 4 is 34.3 Å². The topological polar surface area (TPSA) is 46.5 Å². The molecule has 6 heteroatoms. The lowest BCUT2D eigenvalue weighted by atomic mass is 10.1. The van der Waals surface area contributed by atoms with Crippen LogP contribution in [0.3, 0.4) is 0 Å². The van der Waals surface area contributed by atoms with Gasteiger partial charge in [-0.2, -0.15) is 5.10 Å². The summed E-state index contributed by atoms with van der Waals surface area (Å²) < 4.78 is 6.03. The van der Waals surface area contributed by atoms with Crippen LogP contribution >= 0.6 is 22.9 Å². The number of nitrogens with zero attached hydrogens (tertiary/aromatic N) is 2. The van der Waals surface area contributed by atoms with Gasteiger partial charge in [0.2, 0.25) is 5.13 Å². The third-order valence-corrected chi connectivity index (χ3v) is 6.56. The third-order valence-electron chi connectivity index (χ3n) is 5.30. The van der Waals surface area contributed by atoms with E-state index in [1.54, 1.807) is 17.6 Å². The lowest BCUT2D eigenvalue weighted by Gasteiger charge is -2.08. The number of rotatable bonds is 8. The number of anilines is 1. The molecule has 0 amide bonds. The average molecular weight is 496 g/mol. The number of ether oxygens (including phenoxy) is 1. The van der Waals surface area contributed by atoms with Crippen molar-refractivity contribution in [1.29, 1.82) is 0 Å². The van der Waals surface area contributed by atoms with Crippen molar-refractivity contribution in [2.45, 2.75) is 6.61 Å². The fraction of sp³-hybridized carbons (Fsp3) is 0.0345. The number of hydrogen-bond donors (Lipinski definition) is 1. The Kier molecular flexibility index (Phi) is 7.18. The van der Waals surface area contributed by atoms with Crippen LogP contribution in [-0.2, 0) is 6.61 Å². The van der Waals surface area contributed by atoms with Crippen molar-refractivity contribution < 1.29 is 4.74 Å². The number of halogens is 1. The van der Waals surface area contributed by atoms with E-state index in [1.807, 2.05) is 97.1 Å². The first-order chi connectivity index (χ1) is 17.3. The van der Waals surface area contributed by atoms with Gasteiger partial charge in [0.15, 0.2) is 0 Å². The second kappa shape index (κ2) is 11.0. The molecule has 0 atom stereocenters. The molecule has 0 fully saturated rings. The number of benzene rings is 4. The van der Waals surface area contributed by atoms with Crippen LogP contribution in [0.4, 0.5) is 5.13 Å². The lowest BCUT2D eigenvalue weighted by molar-refractivity contribution is 0.306. The van der Waals surface area contributed by atoms with E-state index in [-0.39, 0.29) is 0 Å². The van der Waals surface area contributed by atoms with Gasteiger partial charge in [-0.1, -0.05) is 108 Å². The van der Waals surface area contributed by atoms with E-state index in [1.165, 1.54) is 0 Å². The number of hydrogen-bond acceptors (Lipinski definition) is 5. The van der Waals surface area contributed by atoms with Crippen LogP contribution in [0.2, 0.25) is 5.02 Å². The summed E-state index contributed by atoms with van der Waals surface area (Å²) in [6.07, 6.45) is 1.76. The Labute approximate surface area is 213 Å². The quantitative estimate of drug-likeness (QED) is 0.174. The molecule has 4 aromatic carbocycles. The molecule has 1 heterocycles. The molecule has 5 rings (SSSR count). The molecule has 0 saturated carbocycles. The minimum atomic E-state index is 0.497. The molecular formula is C29H22ClN3OS. The van der Waals surface area contributed by atoms with E-state index < -0.39 is 0 Å². The fourth-order valence-corrected chi connectivity index (χ4v) is 4.64. The number of aromatic nitrogens is 1. The minimum Gasteiger partial charge on any atom is -0.488 e. The SMILES string of the molecule is Clc1ccc(-c2sc(N/N=C\c3ccccc3OCc3ccccc3)nc2-c2ccccc2)cc1. The van der Waals surface area contributed by atoms with Gasteiger partial charge in [-0.25, -0.2) is 4.98 Å². The summed E-state index contributed by atoms with van der Waals surface area (Å²) in [5.41, 5.74) is 8.11. The van der Waals surface area contributed by atoms with Crippen molar-refractivity contribution in [2.75, 3.05) is 5.43 Å². The van der Waals surface area contributed by atoms with E-state index >= 15 is 0 Å². The number of nitrogens with one attached hydrogen (secondary N) is 1. The van der Waals surface area contributed by atoms with E-state index in [0.29, 0.717) is 16.8 Å². The third kappa shape index (κ3) is 5.77. The highest BCUT2D eigenvalue weighted by molar-refractivity contribution is 7.19. The van der Waals surface area contributed by atoms with Gasteiger partial charge in [0.05, 0.1) is 16.8 Å². The van der Waals surface area contributed by atoms with E-state index in [4.69, 9.17) is 21.3 Å². The Morgan fingerprint density at radius 2 is 1.49 bits per heavy atom. The van der Waals surface area contributed by atoms with E-state index in [0.717, 1.165) is 38.6 Å². The van der Waals surface area contributed by atoms with Gasteiger partial charge in [0.1, 0.15) is 12.4 Å². The van der Waals surface area contributed by atoms with Crippen molar-refractivity contribution in [2.24, 2.45) is 5.10 Å². The molecule has 35 heavy (non-hydrogen) atoms. The van der Waals surface area contributed by atoms with Crippen molar-refractivity contribution in [1.82, 2.24) is 4.98 Å². The number of hydrazone groups is 1. The van der Waals surface area contributed by atoms with Gasteiger partial charge in [-0.15, -0.1) is 0 Å². The smallest absolute Gasteiger partial charge is 0.204 e. The predicted molar refractivity (Wildman–Crippen MR) is 146 cm³/mol. The highest BCUT2D eigenvalue weighted by Gasteiger charge is 2.15. The summed E-state index contributed by atoms with van der Waals surface area (Å²) in [4.78, 5) is 5.89. The van der Waals surface area contributed by atoms with Crippen LogP contribution in [0.5, 0.6) is 5.75 Å². The lowest BCUT2D eigenvalue weighted by Crippen LogP contribution is -1.99. The Balaban J connectivity index is 1.36. The molecule has 0 bridgehead atoms. The van der Waals surface area contributed by atoms with Gasteiger partial charge in [0, 0.05) is 16.1 Å². The van der Waals surface area contributed by atoms with E-state index in [2.05, 4.69) is 22.7 Å². The van der Waals surface area contributed by atoms with Gasteiger partial charge in [0.25, 0.3) is 0 Å². The van der Waals surface area contributed by atoms with Crippen LogP contribution in [0.15, 0.2) is 114 Å². The predicted octanol–water partition coefficient (Wildman–Crippen LogP) is 8.16. The highest BCUT2D eigenvalue weighted by Crippen LogP contribution is 2.39. The average Bonchev–Trinajstić information content (AvgIpc) is 3.34. The molecule has 0 aliphatic rings. The first-order valence-corrected chi connectivity index (χ1v) is 12.3. The van der Waals surface area contributed by atoms with Gasteiger partial charge in [-0.05, 0) is 35.4 Å². The molecule has 0 aliphatic carbocycles. The zero-order valence-electron chi connectivity index (χ0n) is 18.8. The van der Waals surface area contributed by atoms with Crippen LogP contribution in [0, 0.1) is 0 Å². The molecule has 0 saturated heterocycles. The van der Waals surface area contributed by atoms with Gasteiger partial charge in [-0.3, -0.25) is 5.43 Å². The number of thiazole rings is 1. The maximum Gasteiger partial charge on any atom is 0.204 e. The first-order valence-electron chi connectivity index (χ1n) is 11.1. The van der Waals surface area contributed by atoms with Crippen molar-refractivity contribution in [3.8, 4) is 27.4 Å². The Morgan fingerprint density at radius 1 is 0.800 bits per heavy atom. The zero-order chi connectivity index (χ0) is 23.9. The molecule has 5 aromatic rings. The fourth-order valence-electron chi connectivity index (χ4n) is 3.57. The molecular weight excluding hydrogens is 474 g/mol. The summed E-state index contributed by atoms with van der Waals surface area (Å²) in [7, 11) is 0. The summed E-state index contributed by atoms with van der Waals surface area (Å²) in [6, 6.07) is 35.9. The molecule has 0 spiro atoms. The Hall–Kier alpha value is -3.93. The Morgan fingerprint density at radius 3 is 2.26 bits per heavy atom. The second-order valence-corrected chi connectivity index (χ2v) is 9.19. The molecule has 4 nitrogen and oxygen atoms in total. The van der Waals surface area contributed by atoms with Crippen LogP contribution < -0.4 is 10.2 Å². The van der Waals surface area contributed by atoms with Gasteiger partial charge < -0.3 is 4.74 Å². The second-order valence-electron chi connectivity index (χ2n) is 7.75. The summed E-state index contributed by atoms with van der Waals surface area (Å²) in [5, 5.41) is 5.86. The number of para-hydroxylation sites is 1. The van der Waals surface area contributed by atoms with E-state index in [9.17, 15) is 0 Å². The first kappa shape index (κ1) is 22.8. The maximum absolute atomic E-state index is 6.10. The molecule has 0 unspecified atom stereocenters. The standard InChI is InChI=1S/C29H22ClN3OS/c30-25-17-15-23(16-18-25)28-27(22-11-5-2-6-12-22)32-29(35-28)33-31-19-24-13-7-8-14-26(24)34-20-21-9-3-1-4-10-21/h1-19H,20H2,(H,32,33)/b31-19-. The Bertz CT molecular complexity index is 1420. The van der Waals surface area contributed by atoms with Gasteiger partial charge >= 0.3 is 0 Å². The summed E-state index contributed by atoms with van der Waals surface area (Å²) in [5.74, 6) is 0.771. The monoisotopic (exact) mass is 495 g/mol. The molecule has 0 aliphatic heterocycles. The molecule has 0 radical (unpaired) electrons. The van der Waals surface area contributed by atoms with Crippen molar-refractivity contribution in [3.63, 3.8) is 0 Å². The maximum atomic E-state index is 6.10. The molecule has 1 N–H and O–H groups in total.